The van der Waals surface area contributed by atoms with E-state index in [-0.39, 0.29) is 5.91 Å². The molecule has 2 N–H and O–H groups in total. The molecule has 0 bridgehead atoms. The van der Waals surface area contributed by atoms with Crippen molar-refractivity contribution in [3.63, 3.8) is 0 Å². The van der Waals surface area contributed by atoms with Crippen molar-refractivity contribution in [1.29, 1.82) is 0 Å². The molecule has 0 aliphatic carbocycles. The van der Waals surface area contributed by atoms with E-state index in [2.05, 4.69) is 30.2 Å². The second-order valence-electron chi connectivity index (χ2n) is 6.47. The molecular formula is C20H21N3O2. The van der Waals surface area contributed by atoms with Crippen LogP contribution in [0.15, 0.2) is 36.4 Å². The zero-order valence-corrected chi connectivity index (χ0v) is 14.6. The lowest BCUT2D eigenvalue weighted by Crippen LogP contribution is -2.32. The van der Waals surface area contributed by atoms with E-state index in [9.17, 15) is 4.79 Å². The van der Waals surface area contributed by atoms with Crippen LogP contribution in [0, 0.1) is 0 Å². The smallest absolute Gasteiger partial charge is 0.235 e. The number of carbonyl (C=O) groups excluding carboxylic acids is 1. The minimum Gasteiger partial charge on any atom is -0.497 e. The topological polar surface area (TPSA) is 67.0 Å². The maximum absolute atomic E-state index is 12.5. The summed E-state index contributed by atoms with van der Waals surface area (Å²) in [6.07, 6.45) is 1.57. The Morgan fingerprint density at radius 1 is 1.12 bits per heavy atom. The molecule has 0 unspecified atom stereocenters. The minimum atomic E-state index is -0.436. The lowest BCUT2D eigenvalue weighted by Gasteiger charge is -2.23. The number of carbonyl (C=O) groups is 1. The third-order valence-electron chi connectivity index (χ3n) is 5.39. The number of benzene rings is 2. The number of amides is 1. The molecule has 5 nitrogen and oxygen atoms in total. The van der Waals surface area contributed by atoms with Gasteiger partial charge in [0.05, 0.1) is 23.6 Å². The van der Waals surface area contributed by atoms with Crippen molar-refractivity contribution in [3.05, 3.63) is 42.0 Å². The summed E-state index contributed by atoms with van der Waals surface area (Å²) in [5.74, 6) is 1.72. The Balaban J connectivity index is 1.82. The second-order valence-corrected chi connectivity index (χ2v) is 6.47. The number of nitrogens with one attached hydrogen (secondary N) is 2. The fraction of sp³-hybridized carbons (Fsp3) is 0.300. The maximum atomic E-state index is 12.5. The second kappa shape index (κ2) is 5.62. The van der Waals surface area contributed by atoms with Crippen molar-refractivity contribution in [2.75, 3.05) is 12.4 Å². The SMILES string of the molecule is CCC1(CC)C(=O)Nc2cc3nc(-c4ccc(OC)cc4)[nH]c3cc21. The van der Waals surface area contributed by atoms with Gasteiger partial charge in [0.25, 0.3) is 0 Å². The number of imidazole rings is 1. The van der Waals surface area contributed by atoms with Gasteiger partial charge in [0.2, 0.25) is 5.91 Å². The first-order chi connectivity index (χ1) is 12.1. The summed E-state index contributed by atoms with van der Waals surface area (Å²) in [6.45, 7) is 4.14. The molecule has 2 heterocycles. The van der Waals surface area contributed by atoms with Crippen LogP contribution in [0.4, 0.5) is 5.69 Å². The van der Waals surface area contributed by atoms with Crippen LogP contribution in [0.1, 0.15) is 32.3 Å². The van der Waals surface area contributed by atoms with E-state index in [0.717, 1.165) is 52.3 Å². The predicted octanol–water partition coefficient (Wildman–Crippen LogP) is 4.25. The van der Waals surface area contributed by atoms with Crippen molar-refractivity contribution < 1.29 is 9.53 Å². The minimum absolute atomic E-state index is 0.0931. The monoisotopic (exact) mass is 335 g/mol. The third-order valence-corrected chi connectivity index (χ3v) is 5.39. The molecular weight excluding hydrogens is 314 g/mol. The Kier molecular flexibility index (Phi) is 3.53. The molecule has 128 valence electrons. The van der Waals surface area contributed by atoms with E-state index in [4.69, 9.17) is 9.72 Å². The van der Waals surface area contributed by atoms with Gasteiger partial charge in [0, 0.05) is 11.3 Å². The van der Waals surface area contributed by atoms with E-state index in [1.165, 1.54) is 0 Å². The Morgan fingerprint density at radius 3 is 2.48 bits per heavy atom. The number of hydrogen-bond donors (Lipinski definition) is 2. The average molecular weight is 335 g/mol. The summed E-state index contributed by atoms with van der Waals surface area (Å²) in [5.41, 5.74) is 4.32. The Bertz CT molecular complexity index is 953. The molecule has 5 heteroatoms. The molecule has 1 aromatic heterocycles. The van der Waals surface area contributed by atoms with Gasteiger partial charge in [-0.05, 0) is 54.8 Å². The van der Waals surface area contributed by atoms with Crippen LogP contribution >= 0.6 is 0 Å². The van der Waals surface area contributed by atoms with Gasteiger partial charge in [-0.3, -0.25) is 4.79 Å². The largest absolute Gasteiger partial charge is 0.497 e. The number of aromatic nitrogens is 2. The van der Waals surface area contributed by atoms with Crippen LogP contribution in [0.5, 0.6) is 5.75 Å². The van der Waals surface area contributed by atoms with E-state index in [1.54, 1.807) is 7.11 Å². The molecule has 3 aromatic rings. The standard InChI is InChI=1S/C20H21N3O2/c1-4-20(5-2)14-10-16-17(11-15(14)23-19(20)24)22-18(21-16)12-6-8-13(25-3)9-7-12/h6-11H,4-5H2,1-3H3,(H,21,22)(H,23,24). The molecule has 1 aliphatic rings. The number of ether oxygens (including phenoxy) is 1. The number of aromatic amines is 1. The van der Waals surface area contributed by atoms with Crippen molar-refractivity contribution in [2.45, 2.75) is 32.1 Å². The molecule has 0 fully saturated rings. The van der Waals surface area contributed by atoms with Crippen LogP contribution in [0.25, 0.3) is 22.4 Å². The van der Waals surface area contributed by atoms with Gasteiger partial charge in [-0.1, -0.05) is 13.8 Å². The Labute approximate surface area is 146 Å². The Hall–Kier alpha value is -2.82. The van der Waals surface area contributed by atoms with Gasteiger partial charge >= 0.3 is 0 Å². The number of H-pyrrole nitrogens is 1. The highest BCUT2D eigenvalue weighted by molar-refractivity contribution is 6.08. The number of methoxy groups -OCH3 is 1. The molecule has 0 spiro atoms. The first-order valence-corrected chi connectivity index (χ1v) is 8.61. The summed E-state index contributed by atoms with van der Waals surface area (Å²) in [4.78, 5) is 20.6. The number of rotatable bonds is 4. The summed E-state index contributed by atoms with van der Waals surface area (Å²) in [7, 11) is 1.65. The van der Waals surface area contributed by atoms with Crippen molar-refractivity contribution >= 4 is 22.6 Å². The van der Waals surface area contributed by atoms with E-state index < -0.39 is 5.41 Å². The zero-order chi connectivity index (χ0) is 17.6. The first kappa shape index (κ1) is 15.7. The van der Waals surface area contributed by atoms with Crippen LogP contribution in [0.3, 0.4) is 0 Å². The van der Waals surface area contributed by atoms with Gasteiger partial charge in [-0.25, -0.2) is 4.98 Å². The van der Waals surface area contributed by atoms with Crippen molar-refractivity contribution in [3.8, 4) is 17.1 Å². The van der Waals surface area contributed by atoms with Gasteiger partial charge in [-0.2, -0.15) is 0 Å². The van der Waals surface area contributed by atoms with Crippen LogP contribution in [-0.2, 0) is 10.2 Å². The number of anilines is 1. The zero-order valence-electron chi connectivity index (χ0n) is 14.6. The molecule has 0 saturated heterocycles. The molecule has 0 atom stereocenters. The quantitative estimate of drug-likeness (QED) is 0.749. The molecule has 4 rings (SSSR count). The van der Waals surface area contributed by atoms with Crippen LogP contribution in [-0.4, -0.2) is 23.0 Å². The van der Waals surface area contributed by atoms with E-state index in [1.807, 2.05) is 30.3 Å². The molecule has 1 amide bonds. The van der Waals surface area contributed by atoms with Crippen molar-refractivity contribution in [1.82, 2.24) is 9.97 Å². The summed E-state index contributed by atoms with van der Waals surface area (Å²) < 4.78 is 5.20. The molecule has 0 saturated carbocycles. The molecule has 0 radical (unpaired) electrons. The van der Waals surface area contributed by atoms with E-state index >= 15 is 0 Å². The highest BCUT2D eigenvalue weighted by atomic mass is 16.5. The fourth-order valence-electron chi connectivity index (χ4n) is 3.76. The van der Waals surface area contributed by atoms with Gasteiger partial charge < -0.3 is 15.0 Å². The fourth-order valence-corrected chi connectivity index (χ4v) is 3.76. The van der Waals surface area contributed by atoms with Crippen molar-refractivity contribution in [2.24, 2.45) is 0 Å². The number of hydrogen-bond acceptors (Lipinski definition) is 3. The summed E-state index contributed by atoms with van der Waals surface area (Å²) >= 11 is 0. The third kappa shape index (κ3) is 2.22. The summed E-state index contributed by atoms with van der Waals surface area (Å²) in [5, 5.41) is 3.04. The van der Waals surface area contributed by atoms with E-state index in [0.29, 0.717) is 0 Å². The molecule has 25 heavy (non-hydrogen) atoms. The Morgan fingerprint density at radius 2 is 1.84 bits per heavy atom. The highest BCUT2D eigenvalue weighted by Gasteiger charge is 2.44. The first-order valence-electron chi connectivity index (χ1n) is 8.61. The molecule has 1 aliphatic heterocycles. The maximum Gasteiger partial charge on any atom is 0.235 e. The van der Waals surface area contributed by atoms with Gasteiger partial charge in [0.1, 0.15) is 11.6 Å². The van der Waals surface area contributed by atoms with Gasteiger partial charge in [-0.15, -0.1) is 0 Å². The van der Waals surface area contributed by atoms with Gasteiger partial charge in [0.15, 0.2) is 0 Å². The lowest BCUT2D eigenvalue weighted by atomic mass is 9.77. The lowest BCUT2D eigenvalue weighted by molar-refractivity contribution is -0.121. The average Bonchev–Trinajstić information content (AvgIpc) is 3.17. The number of nitrogens with zero attached hydrogens (tertiary/aromatic N) is 1. The number of fused-ring (bicyclic) bond motifs is 2. The van der Waals surface area contributed by atoms with Crippen LogP contribution in [0.2, 0.25) is 0 Å². The summed E-state index contributed by atoms with van der Waals surface area (Å²) in [6, 6.07) is 11.8. The predicted molar refractivity (Wildman–Crippen MR) is 99.0 cm³/mol. The highest BCUT2D eigenvalue weighted by Crippen LogP contribution is 2.44. The van der Waals surface area contributed by atoms with Crippen LogP contribution < -0.4 is 10.1 Å². The normalized spacial score (nSPS) is 15.2. The molecule has 2 aromatic carbocycles.